The lowest BCUT2D eigenvalue weighted by Gasteiger charge is -2.00. The number of rotatable bonds is 4. The maximum Gasteiger partial charge on any atom is 0.350 e. The third-order valence-electron chi connectivity index (χ3n) is 5.74. The Hall–Kier alpha value is -4.34. The van der Waals surface area contributed by atoms with Crippen molar-refractivity contribution in [2.24, 2.45) is 0 Å². The standard InChI is InChI=1S/C19H16N4O2S.C9H12.C2H6O.CH2O/c1-20-15-10-16(26-18(15)19(24)25-2)13-6-4-12(5-7-13)14-11-17-21-8-3-9-23(17)22-14;1-7-4-5-8(2)9(3)6-7;1-3-2;1-2/h3-11,20H,1-2H3;4-6H,1-3H3;1-2H3;1H2. The van der Waals surface area contributed by atoms with Gasteiger partial charge in [0.15, 0.2) is 5.65 Å². The van der Waals surface area contributed by atoms with Crippen LogP contribution in [0.4, 0.5) is 5.69 Å². The van der Waals surface area contributed by atoms with Crippen molar-refractivity contribution in [3.8, 4) is 21.7 Å². The molecule has 0 radical (unpaired) electrons. The minimum absolute atomic E-state index is 0.334. The Morgan fingerprint density at radius 2 is 1.57 bits per heavy atom. The first-order chi connectivity index (χ1) is 19.3. The van der Waals surface area contributed by atoms with Gasteiger partial charge in [-0.1, -0.05) is 48.0 Å². The molecule has 0 saturated carbocycles. The number of aromatic nitrogens is 3. The van der Waals surface area contributed by atoms with E-state index in [9.17, 15) is 4.79 Å². The smallest absolute Gasteiger partial charge is 0.350 e. The molecule has 0 aliphatic carbocycles. The van der Waals surface area contributed by atoms with Crippen LogP contribution in [-0.2, 0) is 14.3 Å². The fourth-order valence-electron chi connectivity index (χ4n) is 3.63. The Morgan fingerprint density at radius 1 is 0.925 bits per heavy atom. The number of carbonyl (C=O) groups excluding carboxylic acids is 2. The fourth-order valence-corrected chi connectivity index (χ4v) is 4.72. The van der Waals surface area contributed by atoms with Crippen molar-refractivity contribution in [3.63, 3.8) is 0 Å². The summed E-state index contributed by atoms with van der Waals surface area (Å²) in [5.74, 6) is -0.334. The van der Waals surface area contributed by atoms with Gasteiger partial charge in [0.2, 0.25) is 0 Å². The van der Waals surface area contributed by atoms with Crippen LogP contribution in [0, 0.1) is 20.8 Å². The second-order valence-electron chi connectivity index (χ2n) is 8.62. The van der Waals surface area contributed by atoms with Gasteiger partial charge in [-0.05, 0) is 49.6 Å². The van der Waals surface area contributed by atoms with Crippen molar-refractivity contribution in [3.05, 3.63) is 94.6 Å². The number of hydrogen-bond donors (Lipinski definition) is 1. The first-order valence-corrected chi connectivity index (χ1v) is 13.2. The van der Waals surface area contributed by atoms with Gasteiger partial charge in [-0.15, -0.1) is 11.3 Å². The van der Waals surface area contributed by atoms with E-state index in [-0.39, 0.29) is 5.97 Å². The van der Waals surface area contributed by atoms with Crippen molar-refractivity contribution in [1.82, 2.24) is 14.6 Å². The molecule has 0 fully saturated rings. The Morgan fingerprint density at radius 3 is 2.12 bits per heavy atom. The number of hydrogen-bond acceptors (Lipinski definition) is 8. The number of thiophene rings is 1. The maximum atomic E-state index is 11.9. The summed E-state index contributed by atoms with van der Waals surface area (Å²) in [6.45, 7) is 8.39. The van der Waals surface area contributed by atoms with Gasteiger partial charge in [0, 0.05) is 50.2 Å². The van der Waals surface area contributed by atoms with E-state index in [0.717, 1.165) is 33.0 Å². The summed E-state index contributed by atoms with van der Waals surface area (Å²) in [4.78, 5) is 25.8. The van der Waals surface area contributed by atoms with Gasteiger partial charge < -0.3 is 19.6 Å². The molecule has 0 aliphatic rings. The summed E-state index contributed by atoms with van der Waals surface area (Å²) in [7, 11) is 6.43. The molecule has 0 saturated heterocycles. The van der Waals surface area contributed by atoms with Gasteiger partial charge in [0.05, 0.1) is 18.5 Å². The third-order valence-corrected chi connectivity index (χ3v) is 6.90. The number of methoxy groups -OCH3 is 2. The second-order valence-corrected chi connectivity index (χ2v) is 9.67. The monoisotopic (exact) mass is 560 g/mol. The highest BCUT2D eigenvalue weighted by Crippen LogP contribution is 2.36. The Balaban J connectivity index is 0.000000334. The second kappa shape index (κ2) is 15.9. The van der Waals surface area contributed by atoms with E-state index >= 15 is 0 Å². The van der Waals surface area contributed by atoms with E-state index in [1.807, 2.05) is 55.5 Å². The first kappa shape index (κ1) is 31.9. The number of benzene rings is 2. The zero-order valence-electron chi connectivity index (χ0n) is 24.0. The molecule has 0 atom stereocenters. The number of aryl methyl sites for hydroxylation is 3. The van der Waals surface area contributed by atoms with Crippen LogP contribution < -0.4 is 5.32 Å². The van der Waals surface area contributed by atoms with E-state index in [1.165, 1.54) is 35.1 Å². The summed E-state index contributed by atoms with van der Waals surface area (Å²) in [6.07, 6.45) is 3.62. The topological polar surface area (TPSA) is 94.8 Å². The SMILES string of the molecule is C=O.CNc1cc(-c2ccc(-c3cc4ncccn4n3)cc2)sc1C(=O)OC.COC.Cc1ccc(C)c(C)c1. The molecule has 0 unspecified atom stereocenters. The van der Waals surface area contributed by atoms with Crippen molar-refractivity contribution in [2.45, 2.75) is 20.8 Å². The van der Waals surface area contributed by atoms with E-state index in [4.69, 9.17) is 9.53 Å². The number of fused-ring (bicyclic) bond motifs is 1. The van der Waals surface area contributed by atoms with Crippen LogP contribution in [0.15, 0.2) is 73.1 Å². The number of esters is 1. The lowest BCUT2D eigenvalue weighted by atomic mass is 10.1. The minimum atomic E-state index is -0.334. The molecule has 3 heterocycles. The molecule has 0 aliphatic heterocycles. The van der Waals surface area contributed by atoms with Crippen LogP contribution in [0.2, 0.25) is 0 Å². The van der Waals surface area contributed by atoms with Gasteiger partial charge in [-0.25, -0.2) is 14.3 Å². The number of carbonyl (C=O) groups is 2. The van der Waals surface area contributed by atoms with Crippen LogP contribution in [0.1, 0.15) is 26.4 Å². The predicted molar refractivity (Wildman–Crippen MR) is 163 cm³/mol. The van der Waals surface area contributed by atoms with Crippen LogP contribution in [0.3, 0.4) is 0 Å². The van der Waals surface area contributed by atoms with Gasteiger partial charge in [-0.3, -0.25) is 0 Å². The molecular weight excluding hydrogens is 524 g/mol. The molecule has 2 aromatic carbocycles. The first-order valence-electron chi connectivity index (χ1n) is 12.3. The zero-order valence-corrected chi connectivity index (χ0v) is 24.8. The Kier molecular flexibility index (Phi) is 12.7. The summed E-state index contributed by atoms with van der Waals surface area (Å²) in [5, 5.41) is 7.58. The molecular formula is C31H36N4O4S. The number of anilines is 1. The minimum Gasteiger partial charge on any atom is -0.465 e. The third kappa shape index (κ3) is 8.33. The molecule has 3 aromatic heterocycles. The average Bonchev–Trinajstić information content (AvgIpc) is 3.62. The number of ether oxygens (including phenoxy) is 2. The van der Waals surface area contributed by atoms with Gasteiger partial charge in [0.1, 0.15) is 11.7 Å². The largest absolute Gasteiger partial charge is 0.465 e. The van der Waals surface area contributed by atoms with Crippen molar-refractivity contribution >= 4 is 35.4 Å². The van der Waals surface area contributed by atoms with E-state index in [1.54, 1.807) is 32.0 Å². The van der Waals surface area contributed by atoms with Gasteiger partial charge in [-0.2, -0.15) is 5.10 Å². The van der Waals surface area contributed by atoms with Gasteiger partial charge in [0.25, 0.3) is 0 Å². The average molecular weight is 561 g/mol. The molecule has 5 rings (SSSR count). The number of nitrogens with zero attached hydrogens (tertiary/aromatic N) is 3. The van der Waals surface area contributed by atoms with Crippen LogP contribution >= 0.6 is 11.3 Å². The lowest BCUT2D eigenvalue weighted by molar-refractivity contribution is -0.0980. The highest BCUT2D eigenvalue weighted by atomic mass is 32.1. The predicted octanol–water partition coefficient (Wildman–Crippen LogP) is 6.64. The highest BCUT2D eigenvalue weighted by Gasteiger charge is 2.17. The molecule has 0 spiro atoms. The fraction of sp³-hybridized carbons (Fsp3) is 0.226. The van der Waals surface area contributed by atoms with Crippen LogP contribution in [0.5, 0.6) is 0 Å². The number of nitrogens with one attached hydrogen (secondary N) is 1. The molecule has 5 aromatic rings. The van der Waals surface area contributed by atoms with E-state index in [2.05, 4.69) is 59.1 Å². The lowest BCUT2D eigenvalue weighted by Crippen LogP contribution is -2.01. The molecule has 210 valence electrons. The van der Waals surface area contributed by atoms with Crippen molar-refractivity contribution in [1.29, 1.82) is 0 Å². The molecule has 0 bridgehead atoms. The van der Waals surface area contributed by atoms with Gasteiger partial charge >= 0.3 is 5.97 Å². The van der Waals surface area contributed by atoms with Crippen molar-refractivity contribution in [2.75, 3.05) is 33.7 Å². The van der Waals surface area contributed by atoms with Crippen molar-refractivity contribution < 1.29 is 19.1 Å². The highest BCUT2D eigenvalue weighted by molar-refractivity contribution is 7.18. The summed E-state index contributed by atoms with van der Waals surface area (Å²) >= 11 is 1.41. The molecule has 8 nitrogen and oxygen atoms in total. The normalized spacial score (nSPS) is 9.78. The molecule has 1 N–H and O–H groups in total. The van der Waals surface area contributed by atoms with E-state index < -0.39 is 0 Å². The quantitative estimate of drug-likeness (QED) is 0.246. The maximum absolute atomic E-state index is 11.9. The summed E-state index contributed by atoms with van der Waals surface area (Å²) < 4.78 is 10.9. The Bertz CT molecular complexity index is 1480. The summed E-state index contributed by atoms with van der Waals surface area (Å²) in [6, 6.07) is 20.4. The molecule has 0 amide bonds. The van der Waals surface area contributed by atoms with Crippen LogP contribution in [0.25, 0.3) is 27.3 Å². The Labute approximate surface area is 239 Å². The van der Waals surface area contributed by atoms with Crippen LogP contribution in [-0.4, -0.2) is 55.7 Å². The zero-order chi connectivity index (χ0) is 29.7. The van der Waals surface area contributed by atoms with E-state index in [0.29, 0.717) is 4.88 Å². The molecule has 40 heavy (non-hydrogen) atoms. The molecule has 9 heteroatoms. The summed E-state index contributed by atoms with van der Waals surface area (Å²) in [5.41, 5.74) is 8.60.